The zero-order valence-electron chi connectivity index (χ0n) is 6.09. The second-order valence-electron chi connectivity index (χ2n) is 1.95. The summed E-state index contributed by atoms with van der Waals surface area (Å²) in [5, 5.41) is 6.76. The summed E-state index contributed by atoms with van der Waals surface area (Å²) in [7, 11) is 1.50. The molecule has 0 saturated heterocycles. The summed E-state index contributed by atoms with van der Waals surface area (Å²) in [6.07, 6.45) is 0.831. The molecule has 3 nitrogen and oxygen atoms in total. The van der Waals surface area contributed by atoms with Crippen LogP contribution in [-0.4, -0.2) is 13.0 Å². The van der Waals surface area contributed by atoms with Gasteiger partial charge in [0.05, 0.1) is 0 Å². The summed E-state index contributed by atoms with van der Waals surface area (Å²) in [6, 6.07) is 0. The van der Waals surface area contributed by atoms with Gasteiger partial charge in [0.2, 0.25) is 0 Å². The largest absolute Gasteiger partial charge is 0.271 e. The molecule has 0 saturated carbocycles. The second-order valence-corrected chi connectivity index (χ2v) is 1.95. The Balaban J connectivity index is 3.73. The molecule has 1 amide bonds. The van der Waals surface area contributed by atoms with Gasteiger partial charge in [-0.15, -0.1) is 5.11 Å². The first-order valence-electron chi connectivity index (χ1n) is 3.06. The molecule has 0 heterocycles. The Hall–Kier alpha value is -0.730. The first-order valence-corrected chi connectivity index (χ1v) is 3.06. The molecule has 0 spiro atoms. The number of amides is 1. The van der Waals surface area contributed by atoms with Crippen molar-refractivity contribution < 1.29 is 4.79 Å². The Morgan fingerprint density at radius 3 is 2.56 bits per heavy atom. The number of carbonyl (C=O) groups is 1. The molecule has 0 aromatic heterocycles. The van der Waals surface area contributed by atoms with E-state index in [9.17, 15) is 4.79 Å². The first-order chi connectivity index (χ1) is 4.22. The second kappa shape index (κ2) is 4.18. The monoisotopic (exact) mass is 128 g/mol. The zero-order chi connectivity index (χ0) is 7.28. The molecule has 0 bridgehead atoms. The van der Waals surface area contributed by atoms with E-state index >= 15 is 0 Å². The summed E-state index contributed by atoms with van der Waals surface area (Å²) < 4.78 is 0. The lowest BCUT2D eigenvalue weighted by molar-refractivity contribution is -0.121. The lowest BCUT2D eigenvalue weighted by Gasteiger charge is -1.98. The van der Waals surface area contributed by atoms with Crippen LogP contribution in [0.15, 0.2) is 10.2 Å². The molecule has 0 aliphatic carbocycles. The van der Waals surface area contributed by atoms with E-state index in [0.717, 1.165) is 6.42 Å². The van der Waals surface area contributed by atoms with Crippen LogP contribution in [0.2, 0.25) is 0 Å². The minimum Gasteiger partial charge on any atom is -0.271 e. The summed E-state index contributed by atoms with van der Waals surface area (Å²) in [5.74, 6) is -0.103. The van der Waals surface area contributed by atoms with Gasteiger partial charge in [-0.1, -0.05) is 13.8 Å². The minimum absolute atomic E-state index is 0.0219. The number of nitrogens with zero attached hydrogens (tertiary/aromatic N) is 2. The van der Waals surface area contributed by atoms with Crippen molar-refractivity contribution in [1.82, 2.24) is 0 Å². The molecule has 52 valence electrons. The maximum absolute atomic E-state index is 10.7. The number of hydrogen-bond acceptors (Lipinski definition) is 2. The lowest BCUT2D eigenvalue weighted by Crippen LogP contribution is -2.05. The van der Waals surface area contributed by atoms with Gasteiger partial charge < -0.3 is 0 Å². The van der Waals surface area contributed by atoms with Crippen molar-refractivity contribution in [3.8, 4) is 0 Å². The van der Waals surface area contributed by atoms with Gasteiger partial charge in [0, 0.05) is 13.0 Å². The van der Waals surface area contributed by atoms with Crippen LogP contribution in [0.1, 0.15) is 20.3 Å². The van der Waals surface area contributed by atoms with Gasteiger partial charge >= 0.3 is 0 Å². The average Bonchev–Trinajstić information content (AvgIpc) is 1.87. The Labute approximate surface area is 55.2 Å². The van der Waals surface area contributed by atoms with Crippen molar-refractivity contribution in [2.45, 2.75) is 20.3 Å². The third-order valence-corrected chi connectivity index (χ3v) is 1.23. The molecule has 0 radical (unpaired) electrons. The van der Waals surface area contributed by atoms with Crippen LogP contribution in [-0.2, 0) is 4.79 Å². The Kier molecular flexibility index (Phi) is 3.84. The van der Waals surface area contributed by atoms with Crippen molar-refractivity contribution in [3.05, 3.63) is 0 Å². The smallest absolute Gasteiger partial charge is 0.267 e. The fourth-order valence-corrected chi connectivity index (χ4v) is 0.372. The zero-order valence-corrected chi connectivity index (χ0v) is 6.09. The highest BCUT2D eigenvalue weighted by Gasteiger charge is 2.07. The van der Waals surface area contributed by atoms with Crippen molar-refractivity contribution in [1.29, 1.82) is 0 Å². The predicted molar refractivity (Wildman–Crippen MR) is 35.2 cm³/mol. The summed E-state index contributed by atoms with van der Waals surface area (Å²) in [6.45, 7) is 3.80. The highest BCUT2D eigenvalue weighted by Crippen LogP contribution is 2.02. The molecule has 0 fully saturated rings. The van der Waals surface area contributed by atoms with E-state index in [1.54, 1.807) is 0 Å². The van der Waals surface area contributed by atoms with Crippen LogP contribution in [0.4, 0.5) is 0 Å². The summed E-state index contributed by atoms with van der Waals surface area (Å²) in [4.78, 5) is 10.7. The van der Waals surface area contributed by atoms with E-state index < -0.39 is 0 Å². The van der Waals surface area contributed by atoms with Crippen LogP contribution in [0.3, 0.4) is 0 Å². The van der Waals surface area contributed by atoms with E-state index in [2.05, 4.69) is 10.2 Å². The molecule has 0 aliphatic rings. The normalized spacial score (nSPS) is 14.1. The molecule has 0 aliphatic heterocycles. The molecule has 0 aromatic rings. The first kappa shape index (κ1) is 8.27. The average molecular weight is 128 g/mol. The van der Waals surface area contributed by atoms with Crippen LogP contribution >= 0.6 is 0 Å². The molecule has 0 aromatic carbocycles. The van der Waals surface area contributed by atoms with E-state index in [1.807, 2.05) is 13.8 Å². The van der Waals surface area contributed by atoms with E-state index in [1.165, 1.54) is 7.05 Å². The third kappa shape index (κ3) is 2.95. The van der Waals surface area contributed by atoms with Gasteiger partial charge in [-0.3, -0.25) is 4.79 Å². The Bertz CT molecular complexity index is 120. The van der Waals surface area contributed by atoms with E-state index in [4.69, 9.17) is 0 Å². The lowest BCUT2D eigenvalue weighted by atomic mass is 10.1. The van der Waals surface area contributed by atoms with Crippen LogP contribution in [0.5, 0.6) is 0 Å². The standard InChI is InChI=1S/C6H12N2O/c1-4-5(2)6(9)8-7-3/h5H,4H2,1-3H3. The minimum atomic E-state index is -0.125. The summed E-state index contributed by atoms with van der Waals surface area (Å²) in [5.41, 5.74) is 0. The third-order valence-electron chi connectivity index (χ3n) is 1.23. The molecule has 0 rings (SSSR count). The van der Waals surface area contributed by atoms with Crippen LogP contribution < -0.4 is 0 Å². The maximum atomic E-state index is 10.7. The SMILES string of the molecule is CCC(C)C(=O)N=NC. The van der Waals surface area contributed by atoms with Gasteiger partial charge in [0.15, 0.2) is 0 Å². The van der Waals surface area contributed by atoms with Crippen LogP contribution in [0, 0.1) is 5.92 Å². The number of carbonyl (C=O) groups excluding carboxylic acids is 1. The fourth-order valence-electron chi connectivity index (χ4n) is 0.372. The molecule has 1 unspecified atom stereocenters. The summed E-state index contributed by atoms with van der Waals surface area (Å²) >= 11 is 0. The van der Waals surface area contributed by atoms with Crippen molar-refractivity contribution in [3.63, 3.8) is 0 Å². The van der Waals surface area contributed by atoms with Gasteiger partial charge in [-0.05, 0) is 6.42 Å². The van der Waals surface area contributed by atoms with Crippen LogP contribution in [0.25, 0.3) is 0 Å². The molecular formula is C6H12N2O. The predicted octanol–water partition coefficient (Wildman–Crippen LogP) is 1.64. The van der Waals surface area contributed by atoms with Gasteiger partial charge in [0.1, 0.15) is 0 Å². The van der Waals surface area contributed by atoms with Gasteiger partial charge in [-0.2, -0.15) is 5.11 Å². The fraction of sp³-hybridized carbons (Fsp3) is 0.833. The molecular weight excluding hydrogens is 116 g/mol. The quantitative estimate of drug-likeness (QED) is 0.521. The van der Waals surface area contributed by atoms with Crippen molar-refractivity contribution >= 4 is 5.91 Å². The molecule has 9 heavy (non-hydrogen) atoms. The number of hydrogen-bond donors (Lipinski definition) is 0. The van der Waals surface area contributed by atoms with Gasteiger partial charge in [-0.25, -0.2) is 0 Å². The van der Waals surface area contributed by atoms with E-state index in [-0.39, 0.29) is 11.8 Å². The number of azo groups is 1. The van der Waals surface area contributed by atoms with Crippen molar-refractivity contribution in [2.24, 2.45) is 16.1 Å². The number of rotatable bonds is 2. The maximum Gasteiger partial charge on any atom is 0.267 e. The molecule has 0 N–H and O–H groups in total. The Morgan fingerprint density at radius 1 is 1.67 bits per heavy atom. The highest BCUT2D eigenvalue weighted by molar-refractivity contribution is 5.78. The molecule has 3 heteroatoms. The van der Waals surface area contributed by atoms with Crippen molar-refractivity contribution in [2.75, 3.05) is 7.05 Å². The molecule has 1 atom stereocenters. The Morgan fingerprint density at radius 2 is 2.22 bits per heavy atom. The highest BCUT2D eigenvalue weighted by atomic mass is 16.1. The van der Waals surface area contributed by atoms with E-state index in [0.29, 0.717) is 0 Å². The topological polar surface area (TPSA) is 41.8 Å². The van der Waals surface area contributed by atoms with Gasteiger partial charge in [0.25, 0.3) is 5.91 Å².